The molecule has 1 heterocycles. The van der Waals surface area contributed by atoms with Gasteiger partial charge in [0.15, 0.2) is 9.84 Å². The van der Waals surface area contributed by atoms with Crippen LogP contribution in [0.15, 0.2) is 66.7 Å². The number of carbonyl (C=O) groups is 1. The number of amides is 1. The van der Waals surface area contributed by atoms with E-state index < -0.39 is 9.84 Å². The minimum absolute atomic E-state index is 0.00404. The van der Waals surface area contributed by atoms with Crippen LogP contribution in [0.3, 0.4) is 0 Å². The van der Waals surface area contributed by atoms with Gasteiger partial charge in [-0.3, -0.25) is 4.79 Å². The highest BCUT2D eigenvalue weighted by Crippen LogP contribution is 2.26. The third-order valence-electron chi connectivity index (χ3n) is 5.17. The second-order valence-corrected chi connectivity index (χ2v) is 9.81. The molecule has 0 unspecified atom stereocenters. The molecule has 0 N–H and O–H groups in total. The highest BCUT2D eigenvalue weighted by molar-refractivity contribution is 7.91. The van der Waals surface area contributed by atoms with E-state index >= 15 is 0 Å². The summed E-state index contributed by atoms with van der Waals surface area (Å²) >= 11 is 6.11. The molecule has 0 spiro atoms. The first-order valence-corrected chi connectivity index (χ1v) is 11.4. The topological polar surface area (TPSA) is 54.5 Å². The molecule has 144 valence electrons. The molecule has 0 saturated carbocycles. The lowest BCUT2D eigenvalue weighted by molar-refractivity contribution is 0.0683. The molecule has 0 aromatic heterocycles. The smallest absolute Gasteiger partial charge is 0.255 e. The van der Waals surface area contributed by atoms with Gasteiger partial charge in [-0.05, 0) is 41.0 Å². The predicted molar refractivity (Wildman–Crippen MR) is 112 cm³/mol. The first-order chi connectivity index (χ1) is 13.4. The van der Waals surface area contributed by atoms with E-state index in [0.29, 0.717) is 23.6 Å². The largest absolute Gasteiger partial charge is 0.330 e. The molecule has 28 heavy (non-hydrogen) atoms. The molecule has 1 aliphatic rings. The van der Waals surface area contributed by atoms with Gasteiger partial charge >= 0.3 is 0 Å². The molecular formula is C22H20ClNO3S. The lowest BCUT2D eigenvalue weighted by atomic mass is 10.0. The van der Waals surface area contributed by atoms with Crippen LogP contribution in [0.2, 0.25) is 5.02 Å². The number of hydrogen-bond acceptors (Lipinski definition) is 3. The number of sulfone groups is 1. The van der Waals surface area contributed by atoms with E-state index in [0.717, 1.165) is 16.3 Å². The maximum Gasteiger partial charge on any atom is 0.255 e. The van der Waals surface area contributed by atoms with Crippen LogP contribution >= 0.6 is 11.6 Å². The van der Waals surface area contributed by atoms with Gasteiger partial charge < -0.3 is 4.90 Å². The van der Waals surface area contributed by atoms with E-state index in [-0.39, 0.29) is 23.5 Å². The van der Waals surface area contributed by atoms with Gasteiger partial charge in [0.25, 0.3) is 5.91 Å². The molecule has 1 fully saturated rings. The van der Waals surface area contributed by atoms with Crippen LogP contribution in [-0.4, -0.2) is 36.8 Å². The van der Waals surface area contributed by atoms with Gasteiger partial charge in [-0.1, -0.05) is 60.1 Å². The third-order valence-corrected chi connectivity index (χ3v) is 7.16. The van der Waals surface area contributed by atoms with Gasteiger partial charge in [-0.25, -0.2) is 8.42 Å². The van der Waals surface area contributed by atoms with Crippen molar-refractivity contribution in [2.75, 3.05) is 11.5 Å². The second-order valence-electron chi connectivity index (χ2n) is 7.15. The van der Waals surface area contributed by atoms with Gasteiger partial charge in [-0.15, -0.1) is 0 Å². The van der Waals surface area contributed by atoms with Gasteiger partial charge in [0.1, 0.15) is 0 Å². The van der Waals surface area contributed by atoms with Gasteiger partial charge in [0.2, 0.25) is 0 Å². The Morgan fingerprint density at radius 2 is 1.79 bits per heavy atom. The molecule has 1 amide bonds. The molecule has 0 aliphatic carbocycles. The lowest BCUT2D eigenvalue weighted by Gasteiger charge is -2.29. The van der Waals surface area contributed by atoms with E-state index in [2.05, 4.69) is 0 Å². The summed E-state index contributed by atoms with van der Waals surface area (Å²) < 4.78 is 24.1. The van der Waals surface area contributed by atoms with E-state index in [1.165, 1.54) is 0 Å². The standard InChI is InChI=1S/C22H20ClNO3S/c23-18-8-3-5-16(13-18)14-24(19-11-12-28(26,27)15-19)22(25)21-10-4-7-17-6-1-2-9-20(17)21/h1-10,13,19H,11-12,14-15H2/t19-/m0/s1. The molecule has 0 radical (unpaired) electrons. The van der Waals surface area contributed by atoms with Crippen molar-refractivity contribution in [3.63, 3.8) is 0 Å². The second kappa shape index (κ2) is 7.57. The SMILES string of the molecule is O=C(c1cccc2ccccc12)N(Cc1cccc(Cl)c1)[C@H]1CCS(=O)(=O)C1. The maximum absolute atomic E-state index is 13.5. The molecule has 3 aromatic carbocycles. The first kappa shape index (κ1) is 19.0. The lowest BCUT2D eigenvalue weighted by Crippen LogP contribution is -2.40. The Bertz CT molecular complexity index is 1140. The summed E-state index contributed by atoms with van der Waals surface area (Å²) in [4.78, 5) is 15.2. The van der Waals surface area contributed by atoms with Crippen molar-refractivity contribution in [3.05, 3.63) is 82.9 Å². The fourth-order valence-electron chi connectivity index (χ4n) is 3.79. The molecule has 4 nitrogen and oxygen atoms in total. The zero-order chi connectivity index (χ0) is 19.7. The molecule has 1 aliphatic heterocycles. The Morgan fingerprint density at radius 1 is 1.04 bits per heavy atom. The van der Waals surface area contributed by atoms with Crippen LogP contribution in [0.4, 0.5) is 0 Å². The minimum Gasteiger partial charge on any atom is -0.330 e. The number of benzene rings is 3. The van der Waals surface area contributed by atoms with Crippen LogP contribution in [0, 0.1) is 0 Å². The Hall–Kier alpha value is -2.37. The molecule has 6 heteroatoms. The highest BCUT2D eigenvalue weighted by atomic mass is 35.5. The van der Waals surface area contributed by atoms with Crippen molar-refractivity contribution < 1.29 is 13.2 Å². The summed E-state index contributed by atoms with van der Waals surface area (Å²) in [5, 5.41) is 2.44. The van der Waals surface area contributed by atoms with Crippen molar-refractivity contribution >= 4 is 38.1 Å². The quantitative estimate of drug-likeness (QED) is 0.640. The zero-order valence-electron chi connectivity index (χ0n) is 15.2. The van der Waals surface area contributed by atoms with Crippen molar-refractivity contribution in [2.45, 2.75) is 19.0 Å². The summed E-state index contributed by atoms with van der Waals surface area (Å²) in [6.07, 6.45) is 0.458. The normalized spacial score (nSPS) is 18.2. The fourth-order valence-corrected chi connectivity index (χ4v) is 5.73. The van der Waals surface area contributed by atoms with E-state index in [4.69, 9.17) is 11.6 Å². The predicted octanol–water partition coefficient (Wildman–Crippen LogP) is 4.32. The van der Waals surface area contributed by atoms with E-state index in [1.54, 1.807) is 17.0 Å². The average molecular weight is 414 g/mol. The van der Waals surface area contributed by atoms with Crippen molar-refractivity contribution in [2.24, 2.45) is 0 Å². The van der Waals surface area contributed by atoms with Crippen molar-refractivity contribution in [3.8, 4) is 0 Å². The molecule has 4 rings (SSSR count). The summed E-state index contributed by atoms with van der Waals surface area (Å²) in [6, 6.07) is 20.3. The molecule has 1 atom stereocenters. The molecule has 3 aromatic rings. The van der Waals surface area contributed by atoms with Crippen LogP contribution < -0.4 is 0 Å². The van der Waals surface area contributed by atoms with E-state index in [9.17, 15) is 13.2 Å². The Morgan fingerprint density at radius 3 is 2.54 bits per heavy atom. The summed E-state index contributed by atoms with van der Waals surface area (Å²) in [7, 11) is -3.12. The number of hydrogen-bond donors (Lipinski definition) is 0. The van der Waals surface area contributed by atoms with Crippen molar-refractivity contribution in [1.82, 2.24) is 4.90 Å². The zero-order valence-corrected chi connectivity index (χ0v) is 16.8. The van der Waals surface area contributed by atoms with Gasteiger partial charge in [0.05, 0.1) is 11.5 Å². The maximum atomic E-state index is 13.5. The molecular weight excluding hydrogens is 394 g/mol. The average Bonchev–Trinajstić information content (AvgIpc) is 3.04. The summed E-state index contributed by atoms with van der Waals surface area (Å²) in [5.41, 5.74) is 1.47. The Labute approximate surface area is 169 Å². The number of halogens is 1. The Balaban J connectivity index is 1.74. The summed E-state index contributed by atoms with van der Waals surface area (Å²) in [6.45, 7) is 0.322. The highest BCUT2D eigenvalue weighted by Gasteiger charge is 2.35. The summed E-state index contributed by atoms with van der Waals surface area (Å²) in [5.74, 6) is -0.0322. The number of carbonyl (C=O) groups excluding carboxylic acids is 1. The number of rotatable bonds is 4. The molecule has 0 bridgehead atoms. The monoisotopic (exact) mass is 413 g/mol. The third kappa shape index (κ3) is 3.91. The van der Waals surface area contributed by atoms with E-state index in [1.807, 2.05) is 54.6 Å². The molecule has 1 saturated heterocycles. The Kier molecular flexibility index (Phi) is 5.13. The van der Waals surface area contributed by atoms with Crippen molar-refractivity contribution in [1.29, 1.82) is 0 Å². The number of fused-ring (bicyclic) bond motifs is 1. The number of nitrogens with zero attached hydrogens (tertiary/aromatic N) is 1. The fraction of sp³-hybridized carbons (Fsp3) is 0.227. The van der Waals surface area contributed by atoms with Crippen LogP contribution in [-0.2, 0) is 16.4 Å². The minimum atomic E-state index is -3.12. The van der Waals surface area contributed by atoms with Crippen LogP contribution in [0.5, 0.6) is 0 Å². The van der Waals surface area contributed by atoms with Crippen LogP contribution in [0.25, 0.3) is 10.8 Å². The van der Waals surface area contributed by atoms with Gasteiger partial charge in [-0.2, -0.15) is 0 Å². The van der Waals surface area contributed by atoms with Crippen LogP contribution in [0.1, 0.15) is 22.3 Å². The first-order valence-electron chi connectivity index (χ1n) is 9.16. The van der Waals surface area contributed by atoms with Gasteiger partial charge in [0, 0.05) is 23.2 Å².